The van der Waals surface area contributed by atoms with Crippen LogP contribution in [0.25, 0.3) is 0 Å². The van der Waals surface area contributed by atoms with E-state index in [0.717, 1.165) is 36.1 Å². The van der Waals surface area contributed by atoms with Crippen molar-refractivity contribution in [2.24, 2.45) is 16.8 Å². The monoisotopic (exact) mass is 707 g/mol. The molecule has 2 amide bonds. The summed E-state index contributed by atoms with van der Waals surface area (Å²) < 4.78 is 35.9. The van der Waals surface area contributed by atoms with Crippen LogP contribution in [0.4, 0.5) is 0 Å². The highest BCUT2D eigenvalue weighted by Gasteiger charge is 2.53. The molecule has 0 radical (unpaired) electrons. The molecule has 0 saturated carbocycles. The van der Waals surface area contributed by atoms with Gasteiger partial charge in [-0.25, -0.2) is 0 Å². The van der Waals surface area contributed by atoms with Gasteiger partial charge in [-0.3, -0.25) is 24.3 Å². The lowest BCUT2D eigenvalue weighted by Crippen LogP contribution is -2.44. The maximum absolute atomic E-state index is 13.7. The molecule has 2 aromatic carbocycles. The molecule has 1 aliphatic carbocycles. The number of carbonyl (C=O) groups excluding carboxylic acids is 3. The SMILES string of the molecule is CCCCNCCN1C(=O)CC(=N[C@@H]2c3cc4c(cc3[C@@H](c3cc(OC)c(O[Si](C)(C)C(C)(C)C)c(OC)c3)[C@H]3C(=O)OC[C@@H]32)OCO4)C1=O. The molecule has 3 heterocycles. The molecule has 0 spiro atoms. The van der Waals surface area contributed by atoms with Gasteiger partial charge >= 0.3 is 5.97 Å². The van der Waals surface area contributed by atoms with E-state index in [0.29, 0.717) is 35.3 Å². The van der Waals surface area contributed by atoms with Crippen LogP contribution in [0, 0.1) is 11.8 Å². The first-order valence-electron chi connectivity index (χ1n) is 17.5. The van der Waals surface area contributed by atoms with E-state index in [4.69, 9.17) is 33.1 Å². The van der Waals surface area contributed by atoms with Crippen molar-refractivity contribution in [3.63, 3.8) is 0 Å². The first-order valence-corrected chi connectivity index (χ1v) is 20.4. The van der Waals surface area contributed by atoms with Crippen LogP contribution in [-0.2, 0) is 19.1 Å². The molecule has 50 heavy (non-hydrogen) atoms. The Hall–Kier alpha value is -4.10. The van der Waals surface area contributed by atoms with Gasteiger partial charge in [-0.1, -0.05) is 34.1 Å². The Kier molecular flexibility index (Phi) is 9.93. The molecule has 0 unspecified atom stereocenters. The van der Waals surface area contributed by atoms with Crippen LogP contribution in [0.5, 0.6) is 28.7 Å². The fraction of sp³-hybridized carbons (Fsp3) is 0.568. The normalized spacial score (nSPS) is 23.6. The van der Waals surface area contributed by atoms with E-state index >= 15 is 0 Å². The van der Waals surface area contributed by atoms with Crippen molar-refractivity contribution in [3.05, 3.63) is 41.0 Å². The van der Waals surface area contributed by atoms with E-state index in [1.165, 1.54) is 4.90 Å². The highest BCUT2D eigenvalue weighted by Crippen LogP contribution is 2.57. The van der Waals surface area contributed by atoms with Gasteiger partial charge in [0, 0.05) is 24.9 Å². The van der Waals surface area contributed by atoms with E-state index in [1.54, 1.807) is 14.2 Å². The zero-order valence-corrected chi connectivity index (χ0v) is 31.3. The van der Waals surface area contributed by atoms with Crippen LogP contribution < -0.4 is 28.7 Å². The number of amides is 2. The Labute approximate surface area is 294 Å². The fourth-order valence-corrected chi connectivity index (χ4v) is 8.00. The number of methoxy groups -OCH3 is 2. The largest absolute Gasteiger partial charge is 0.539 e. The molecule has 4 aliphatic rings. The number of likely N-dealkylation sites (tertiary alicyclic amines) is 1. The lowest BCUT2D eigenvalue weighted by molar-refractivity contribution is -0.142. The third-order valence-corrected chi connectivity index (χ3v) is 15.1. The minimum absolute atomic E-state index is 0.0619. The number of benzene rings is 2. The molecule has 0 bridgehead atoms. The Morgan fingerprint density at radius 3 is 2.24 bits per heavy atom. The standard InChI is InChI=1S/C37H49N3O9Si/c1-9-10-11-38-12-13-40-30(41)18-25(35(40)42)39-33-23-17-27-26(47-20-48-27)16-22(23)31(32-24(33)19-46-36(32)43)21-14-28(44-5)34(29(15-21)45-6)49-50(7,8)37(2,3)4/h14-17,24,31-33,38H,9-13,18-20H2,1-8H3/t24-,31+,32-,33+/m0/s1. The number of ether oxygens (including phenoxy) is 5. The van der Waals surface area contributed by atoms with Crippen molar-refractivity contribution in [2.45, 2.75) is 77.0 Å². The van der Waals surface area contributed by atoms with Gasteiger partial charge in [0.2, 0.25) is 12.7 Å². The van der Waals surface area contributed by atoms with Gasteiger partial charge in [-0.15, -0.1) is 0 Å². The van der Waals surface area contributed by atoms with Crippen LogP contribution in [0.2, 0.25) is 18.1 Å². The summed E-state index contributed by atoms with van der Waals surface area (Å²) in [6.45, 7) is 14.7. The van der Waals surface area contributed by atoms with Gasteiger partial charge in [-0.05, 0) is 72.1 Å². The summed E-state index contributed by atoms with van der Waals surface area (Å²) in [5, 5.41) is 3.22. The number of nitrogens with one attached hydrogen (secondary N) is 1. The van der Waals surface area contributed by atoms with Crippen LogP contribution in [0.1, 0.15) is 75.6 Å². The van der Waals surface area contributed by atoms with Gasteiger partial charge in [0.1, 0.15) is 5.71 Å². The molecule has 270 valence electrons. The summed E-state index contributed by atoms with van der Waals surface area (Å²) in [5.74, 6) is 0.0300. The van der Waals surface area contributed by atoms with Crippen LogP contribution in [-0.4, -0.2) is 84.0 Å². The Balaban J connectivity index is 1.43. The van der Waals surface area contributed by atoms with Gasteiger partial charge in [0.15, 0.2) is 28.7 Å². The molecule has 0 aromatic heterocycles. The highest BCUT2D eigenvalue weighted by atomic mass is 28.4. The summed E-state index contributed by atoms with van der Waals surface area (Å²) in [6.07, 6.45) is 1.98. The minimum Gasteiger partial charge on any atom is -0.539 e. The minimum atomic E-state index is -2.29. The average Bonchev–Trinajstić information content (AvgIpc) is 3.76. The number of cyclic esters (lactones) is 1. The number of hydrogen-bond acceptors (Lipinski definition) is 11. The first kappa shape index (κ1) is 35.7. The molecule has 13 heteroatoms. The van der Waals surface area contributed by atoms with Gasteiger partial charge in [-0.2, -0.15) is 0 Å². The molecule has 12 nitrogen and oxygen atoms in total. The first-order chi connectivity index (χ1) is 23.8. The van der Waals surface area contributed by atoms with Crippen LogP contribution in [0.3, 0.4) is 0 Å². The molecule has 2 fully saturated rings. The zero-order chi connectivity index (χ0) is 36.0. The molecule has 3 aliphatic heterocycles. The molecule has 4 atom stereocenters. The van der Waals surface area contributed by atoms with E-state index in [-0.39, 0.29) is 49.0 Å². The lowest BCUT2D eigenvalue weighted by Gasteiger charge is -2.39. The van der Waals surface area contributed by atoms with Gasteiger partial charge in [0.05, 0.1) is 39.2 Å². The summed E-state index contributed by atoms with van der Waals surface area (Å²) in [7, 11) is 0.887. The summed E-state index contributed by atoms with van der Waals surface area (Å²) >= 11 is 0. The predicted octanol–water partition coefficient (Wildman–Crippen LogP) is 5.38. The number of carbonyl (C=O) groups is 3. The number of esters is 1. The topological polar surface area (TPSA) is 134 Å². The molecule has 2 saturated heterocycles. The average molecular weight is 708 g/mol. The number of nitrogens with zero attached hydrogens (tertiary/aromatic N) is 2. The predicted molar refractivity (Wildman–Crippen MR) is 189 cm³/mol. The van der Waals surface area contributed by atoms with Crippen molar-refractivity contribution in [3.8, 4) is 28.7 Å². The van der Waals surface area contributed by atoms with E-state index in [1.807, 2.05) is 24.3 Å². The number of fused-ring (bicyclic) bond motifs is 3. The summed E-state index contributed by atoms with van der Waals surface area (Å²) in [4.78, 5) is 46.5. The van der Waals surface area contributed by atoms with Gasteiger partial charge in [0.25, 0.3) is 14.2 Å². The molecule has 2 aromatic rings. The second kappa shape index (κ2) is 13.9. The Bertz CT molecular complexity index is 1680. The molecule has 6 rings (SSSR count). The Morgan fingerprint density at radius 2 is 1.62 bits per heavy atom. The van der Waals surface area contributed by atoms with Crippen molar-refractivity contribution in [1.29, 1.82) is 0 Å². The summed E-state index contributed by atoms with van der Waals surface area (Å²) in [5.41, 5.74) is 2.53. The number of hydrogen-bond donors (Lipinski definition) is 1. The second-order valence-corrected chi connectivity index (χ2v) is 19.6. The second-order valence-electron chi connectivity index (χ2n) is 14.9. The van der Waals surface area contributed by atoms with Crippen LogP contribution in [0.15, 0.2) is 29.3 Å². The molecular formula is C37H49N3O9Si. The van der Waals surface area contributed by atoms with Crippen LogP contribution >= 0.6 is 0 Å². The lowest BCUT2D eigenvalue weighted by atomic mass is 9.65. The van der Waals surface area contributed by atoms with E-state index < -0.39 is 38.0 Å². The molecular weight excluding hydrogens is 659 g/mol. The van der Waals surface area contributed by atoms with Crippen molar-refractivity contribution >= 4 is 31.8 Å². The number of aliphatic imine (C=N–C) groups is 1. The maximum Gasteiger partial charge on any atom is 0.310 e. The maximum atomic E-state index is 13.7. The quantitative estimate of drug-likeness (QED) is 0.133. The summed E-state index contributed by atoms with van der Waals surface area (Å²) in [6, 6.07) is 6.96. The molecule has 1 N–H and O–H groups in total. The number of rotatable bonds is 12. The van der Waals surface area contributed by atoms with Gasteiger partial charge < -0.3 is 33.4 Å². The third kappa shape index (κ3) is 6.45. The van der Waals surface area contributed by atoms with Crippen molar-refractivity contribution in [1.82, 2.24) is 10.2 Å². The number of unbranched alkanes of at least 4 members (excludes halogenated alkanes) is 1. The fourth-order valence-electron chi connectivity index (χ4n) is 6.98. The smallest absolute Gasteiger partial charge is 0.310 e. The number of imide groups is 1. The Morgan fingerprint density at radius 1 is 0.960 bits per heavy atom. The van der Waals surface area contributed by atoms with Crippen molar-refractivity contribution < 1.29 is 42.5 Å². The zero-order valence-electron chi connectivity index (χ0n) is 30.3. The van der Waals surface area contributed by atoms with E-state index in [9.17, 15) is 14.4 Å². The van der Waals surface area contributed by atoms with Crippen molar-refractivity contribution in [2.75, 3.05) is 47.3 Å². The third-order valence-electron chi connectivity index (χ3n) is 10.8. The van der Waals surface area contributed by atoms with E-state index in [2.05, 4.69) is 46.1 Å². The highest BCUT2D eigenvalue weighted by molar-refractivity contribution is 6.74.